The van der Waals surface area contributed by atoms with E-state index >= 15 is 0 Å². The van der Waals surface area contributed by atoms with E-state index in [9.17, 15) is 26.4 Å². The standard InChI is InChI=1S/C18H21F3N2O3S/c19-18(20,21)16(24)22-8-4-13-2-3-15(10-14(13)11-22)27(25,26)23-9-7-17(12-23)5-1-6-17/h2-3,10H,1,4-9,11-12H2. The van der Waals surface area contributed by atoms with E-state index in [0.717, 1.165) is 36.1 Å². The van der Waals surface area contributed by atoms with Crippen LogP contribution in [0.1, 0.15) is 36.8 Å². The maximum Gasteiger partial charge on any atom is 0.471 e. The molecule has 1 aliphatic carbocycles. The molecule has 1 saturated heterocycles. The summed E-state index contributed by atoms with van der Waals surface area (Å²) in [5.74, 6) is -1.88. The summed E-state index contributed by atoms with van der Waals surface area (Å²) in [4.78, 5) is 12.3. The molecular weight excluding hydrogens is 381 g/mol. The molecule has 0 unspecified atom stereocenters. The zero-order chi connectivity index (χ0) is 19.4. The predicted octanol–water partition coefficient (Wildman–Crippen LogP) is 2.70. The van der Waals surface area contributed by atoms with E-state index in [1.165, 1.54) is 16.4 Å². The third-order valence-corrected chi connectivity index (χ3v) is 8.02. The molecule has 2 heterocycles. The largest absolute Gasteiger partial charge is 0.471 e. The first-order valence-electron chi connectivity index (χ1n) is 9.09. The summed E-state index contributed by atoms with van der Waals surface area (Å²) in [7, 11) is -3.68. The van der Waals surface area contributed by atoms with Gasteiger partial charge in [0.15, 0.2) is 0 Å². The van der Waals surface area contributed by atoms with E-state index < -0.39 is 22.1 Å². The van der Waals surface area contributed by atoms with Gasteiger partial charge < -0.3 is 4.90 Å². The van der Waals surface area contributed by atoms with E-state index in [4.69, 9.17) is 0 Å². The Kier molecular flexibility index (Phi) is 4.30. The number of alkyl halides is 3. The van der Waals surface area contributed by atoms with Crippen molar-refractivity contribution in [3.8, 4) is 0 Å². The molecule has 1 saturated carbocycles. The number of halogens is 3. The molecule has 2 fully saturated rings. The van der Waals surface area contributed by atoms with Gasteiger partial charge in [-0.3, -0.25) is 4.79 Å². The maximum absolute atomic E-state index is 13.0. The first-order chi connectivity index (χ1) is 12.6. The zero-order valence-corrected chi connectivity index (χ0v) is 15.6. The van der Waals surface area contributed by atoms with Crippen LogP contribution >= 0.6 is 0 Å². The molecule has 0 radical (unpaired) electrons. The van der Waals surface area contributed by atoms with Gasteiger partial charge in [-0.15, -0.1) is 0 Å². The van der Waals surface area contributed by atoms with E-state index in [1.807, 2.05) is 0 Å². The topological polar surface area (TPSA) is 57.7 Å². The lowest BCUT2D eigenvalue weighted by Crippen LogP contribution is -2.43. The molecule has 0 atom stereocenters. The minimum Gasteiger partial charge on any atom is -0.330 e. The van der Waals surface area contributed by atoms with Gasteiger partial charge >= 0.3 is 12.1 Å². The maximum atomic E-state index is 13.0. The minimum atomic E-state index is -4.92. The molecule has 148 valence electrons. The number of carbonyl (C=O) groups is 1. The van der Waals surface area contributed by atoms with Gasteiger partial charge in [0.05, 0.1) is 4.90 Å². The van der Waals surface area contributed by atoms with Crippen molar-refractivity contribution in [3.05, 3.63) is 29.3 Å². The predicted molar refractivity (Wildman–Crippen MR) is 91.3 cm³/mol. The smallest absolute Gasteiger partial charge is 0.330 e. The van der Waals surface area contributed by atoms with Crippen molar-refractivity contribution in [2.24, 2.45) is 5.41 Å². The Morgan fingerprint density at radius 1 is 1.07 bits per heavy atom. The average Bonchev–Trinajstić information content (AvgIpc) is 3.06. The van der Waals surface area contributed by atoms with Crippen LogP contribution in [0.3, 0.4) is 0 Å². The Labute approximate surface area is 156 Å². The highest BCUT2D eigenvalue weighted by atomic mass is 32.2. The molecule has 2 aliphatic heterocycles. The van der Waals surface area contributed by atoms with Crippen LogP contribution < -0.4 is 0 Å². The molecule has 1 aromatic rings. The van der Waals surface area contributed by atoms with Crippen LogP contribution in [0.25, 0.3) is 0 Å². The molecule has 27 heavy (non-hydrogen) atoms. The van der Waals surface area contributed by atoms with Gasteiger partial charge in [0, 0.05) is 26.2 Å². The average molecular weight is 402 g/mol. The van der Waals surface area contributed by atoms with Crippen molar-refractivity contribution in [2.75, 3.05) is 19.6 Å². The van der Waals surface area contributed by atoms with Crippen molar-refractivity contribution < 1.29 is 26.4 Å². The lowest BCUT2D eigenvalue weighted by Gasteiger charge is -2.38. The van der Waals surface area contributed by atoms with Gasteiger partial charge in [-0.2, -0.15) is 17.5 Å². The van der Waals surface area contributed by atoms with Gasteiger partial charge in [-0.25, -0.2) is 8.42 Å². The lowest BCUT2D eigenvalue weighted by atomic mass is 9.68. The van der Waals surface area contributed by atoms with Crippen LogP contribution in [0.4, 0.5) is 13.2 Å². The van der Waals surface area contributed by atoms with Crippen LogP contribution in [0.5, 0.6) is 0 Å². The molecule has 0 N–H and O–H groups in total. The van der Waals surface area contributed by atoms with E-state index in [-0.39, 0.29) is 29.8 Å². The van der Waals surface area contributed by atoms with Crippen LogP contribution in [-0.2, 0) is 27.8 Å². The third-order valence-electron chi connectivity index (χ3n) is 6.17. The Balaban J connectivity index is 1.57. The number of rotatable bonds is 2. The van der Waals surface area contributed by atoms with Gasteiger partial charge in [0.25, 0.3) is 0 Å². The zero-order valence-electron chi connectivity index (χ0n) is 14.8. The Morgan fingerprint density at radius 2 is 1.81 bits per heavy atom. The van der Waals surface area contributed by atoms with Crippen LogP contribution in [0, 0.1) is 5.41 Å². The quantitative estimate of drug-likeness (QED) is 0.764. The molecule has 5 nitrogen and oxygen atoms in total. The van der Waals surface area contributed by atoms with Crippen LogP contribution in [-0.4, -0.2) is 49.3 Å². The van der Waals surface area contributed by atoms with E-state index in [2.05, 4.69) is 0 Å². The second-order valence-corrected chi connectivity index (χ2v) is 9.79. The van der Waals surface area contributed by atoms with Crippen LogP contribution in [0.2, 0.25) is 0 Å². The Morgan fingerprint density at radius 3 is 2.41 bits per heavy atom. The molecule has 1 amide bonds. The van der Waals surface area contributed by atoms with E-state index in [0.29, 0.717) is 18.7 Å². The number of hydrogen-bond donors (Lipinski definition) is 0. The monoisotopic (exact) mass is 402 g/mol. The second-order valence-electron chi connectivity index (χ2n) is 7.85. The van der Waals surface area contributed by atoms with Crippen LogP contribution in [0.15, 0.2) is 23.1 Å². The molecule has 3 aliphatic rings. The number of nitrogens with zero attached hydrogens (tertiary/aromatic N) is 2. The number of amides is 1. The number of sulfonamides is 1. The van der Waals surface area contributed by atoms with Gasteiger partial charge in [0.2, 0.25) is 10.0 Å². The summed E-state index contributed by atoms with van der Waals surface area (Å²) in [6.07, 6.45) is -0.533. The second kappa shape index (κ2) is 6.20. The summed E-state index contributed by atoms with van der Waals surface area (Å²) < 4.78 is 65.6. The lowest BCUT2D eigenvalue weighted by molar-refractivity contribution is -0.186. The van der Waals surface area contributed by atoms with Gasteiger partial charge in [0.1, 0.15) is 0 Å². The minimum absolute atomic E-state index is 0.0217. The van der Waals surface area contributed by atoms with Crippen molar-refractivity contribution in [3.63, 3.8) is 0 Å². The number of benzene rings is 1. The molecule has 0 bridgehead atoms. The summed E-state index contributed by atoms with van der Waals surface area (Å²) in [5.41, 5.74) is 1.38. The van der Waals surface area contributed by atoms with Crippen molar-refractivity contribution >= 4 is 15.9 Å². The summed E-state index contributed by atoms with van der Waals surface area (Å²) in [6, 6.07) is 4.63. The van der Waals surface area contributed by atoms with Crippen molar-refractivity contribution in [1.29, 1.82) is 0 Å². The highest BCUT2D eigenvalue weighted by Gasteiger charge is 2.47. The molecule has 4 rings (SSSR count). The highest BCUT2D eigenvalue weighted by molar-refractivity contribution is 7.89. The fraction of sp³-hybridized carbons (Fsp3) is 0.611. The molecule has 9 heteroatoms. The fourth-order valence-electron chi connectivity index (χ4n) is 4.38. The Bertz CT molecular complexity index is 878. The normalized spacial score (nSPS) is 22.6. The molecular formula is C18H21F3N2O3S. The van der Waals surface area contributed by atoms with Gasteiger partial charge in [-0.1, -0.05) is 12.5 Å². The number of carbonyl (C=O) groups excluding carboxylic acids is 1. The molecule has 1 spiro atoms. The first-order valence-corrected chi connectivity index (χ1v) is 10.5. The number of hydrogen-bond acceptors (Lipinski definition) is 3. The molecule has 1 aromatic carbocycles. The summed E-state index contributed by atoms with van der Waals surface area (Å²) in [5, 5.41) is 0. The van der Waals surface area contributed by atoms with Gasteiger partial charge in [-0.05, 0) is 54.4 Å². The fourth-order valence-corrected chi connectivity index (χ4v) is 5.98. The number of fused-ring (bicyclic) bond motifs is 1. The SMILES string of the molecule is O=C(N1CCc2ccc(S(=O)(=O)N3CCC4(CCC4)C3)cc2C1)C(F)(F)F. The Hall–Kier alpha value is -1.61. The summed E-state index contributed by atoms with van der Waals surface area (Å²) in [6.45, 7) is 0.760. The first kappa shape index (κ1) is 18.7. The molecule has 0 aromatic heterocycles. The van der Waals surface area contributed by atoms with Crippen molar-refractivity contribution in [1.82, 2.24) is 9.21 Å². The highest BCUT2D eigenvalue weighted by Crippen LogP contribution is 2.49. The third kappa shape index (κ3) is 3.24. The summed E-state index contributed by atoms with van der Waals surface area (Å²) >= 11 is 0. The van der Waals surface area contributed by atoms with Crippen molar-refractivity contribution in [2.45, 2.75) is 49.7 Å². The van der Waals surface area contributed by atoms with E-state index in [1.54, 1.807) is 6.07 Å².